The van der Waals surface area contributed by atoms with Gasteiger partial charge in [-0.25, -0.2) is 4.79 Å². The minimum atomic E-state index is -0.906. The quantitative estimate of drug-likeness (QED) is 0.903. The number of carboxylic acids is 1. The van der Waals surface area contributed by atoms with E-state index in [-0.39, 0.29) is 0 Å². The zero-order valence-electron chi connectivity index (χ0n) is 11.3. The summed E-state index contributed by atoms with van der Waals surface area (Å²) < 4.78 is 5.82. The molecule has 0 saturated carbocycles. The van der Waals surface area contributed by atoms with Crippen LogP contribution in [0.25, 0.3) is 11.1 Å². The third kappa shape index (κ3) is 2.16. The number of fused-ring (bicyclic) bond motifs is 1. The van der Waals surface area contributed by atoms with Crippen LogP contribution in [0.2, 0.25) is 0 Å². The third-order valence-electron chi connectivity index (χ3n) is 3.71. The summed E-state index contributed by atoms with van der Waals surface area (Å²) in [6.45, 7) is 2.71. The highest BCUT2D eigenvalue weighted by atomic mass is 16.5. The molecule has 0 unspecified atom stereocenters. The molecule has 2 aromatic carbocycles. The average Bonchev–Trinajstić information content (AvgIpc) is 2.47. The Kier molecular flexibility index (Phi) is 3.18. The molecule has 0 atom stereocenters. The lowest BCUT2D eigenvalue weighted by Crippen LogP contribution is -2.09. The van der Waals surface area contributed by atoms with Crippen molar-refractivity contribution in [1.82, 2.24) is 0 Å². The van der Waals surface area contributed by atoms with E-state index in [1.807, 2.05) is 25.1 Å². The van der Waals surface area contributed by atoms with E-state index in [9.17, 15) is 4.79 Å². The predicted molar refractivity (Wildman–Crippen MR) is 77.4 cm³/mol. The lowest BCUT2D eigenvalue weighted by Gasteiger charge is -2.21. The summed E-state index contributed by atoms with van der Waals surface area (Å²) in [6, 6.07) is 11.3. The number of aryl methyl sites for hydroxylation is 2. The zero-order chi connectivity index (χ0) is 14.1. The Labute approximate surface area is 117 Å². The smallest absolute Gasteiger partial charge is 0.335 e. The molecule has 0 fully saturated rings. The van der Waals surface area contributed by atoms with Crippen LogP contribution in [-0.2, 0) is 6.42 Å². The number of carbonyl (C=O) groups is 1. The van der Waals surface area contributed by atoms with Gasteiger partial charge in [-0.15, -0.1) is 0 Å². The maximum absolute atomic E-state index is 11.2. The monoisotopic (exact) mass is 268 g/mol. The zero-order valence-corrected chi connectivity index (χ0v) is 11.3. The molecular formula is C17H16O3. The van der Waals surface area contributed by atoms with Crippen LogP contribution in [0.4, 0.5) is 0 Å². The van der Waals surface area contributed by atoms with Crippen LogP contribution < -0.4 is 4.74 Å². The standard InChI is InChI=1S/C17H16O3/c1-11-7-8-13(17(18)19)10-15(11)14-6-2-4-12-5-3-9-20-16(12)14/h2,4,6-8,10H,3,5,9H2,1H3,(H,18,19). The van der Waals surface area contributed by atoms with Gasteiger partial charge in [0.15, 0.2) is 0 Å². The SMILES string of the molecule is Cc1ccc(C(=O)O)cc1-c1cccc2c1OCCC2. The Bertz CT molecular complexity index is 674. The molecule has 1 N–H and O–H groups in total. The van der Waals surface area contributed by atoms with Crippen LogP contribution in [0.5, 0.6) is 5.75 Å². The van der Waals surface area contributed by atoms with Crippen LogP contribution in [0.15, 0.2) is 36.4 Å². The van der Waals surface area contributed by atoms with Gasteiger partial charge in [0, 0.05) is 5.56 Å². The lowest BCUT2D eigenvalue weighted by molar-refractivity contribution is 0.0697. The summed E-state index contributed by atoms with van der Waals surface area (Å²) in [4.78, 5) is 11.2. The molecular weight excluding hydrogens is 252 g/mol. The molecule has 0 radical (unpaired) electrons. The van der Waals surface area contributed by atoms with Gasteiger partial charge in [0.1, 0.15) is 5.75 Å². The molecule has 0 amide bonds. The van der Waals surface area contributed by atoms with Gasteiger partial charge in [-0.05, 0) is 48.6 Å². The number of benzene rings is 2. The van der Waals surface area contributed by atoms with E-state index in [2.05, 4.69) is 6.07 Å². The second-order valence-electron chi connectivity index (χ2n) is 5.08. The minimum Gasteiger partial charge on any atom is -0.493 e. The van der Waals surface area contributed by atoms with Gasteiger partial charge in [0.2, 0.25) is 0 Å². The number of hydrogen-bond donors (Lipinski definition) is 1. The van der Waals surface area contributed by atoms with Crippen molar-refractivity contribution in [3.8, 4) is 16.9 Å². The Morgan fingerprint density at radius 1 is 1.20 bits per heavy atom. The lowest BCUT2D eigenvalue weighted by atomic mass is 9.93. The molecule has 0 saturated heterocycles. The van der Waals surface area contributed by atoms with Crippen LogP contribution in [0.1, 0.15) is 27.9 Å². The molecule has 1 aliphatic heterocycles. The van der Waals surface area contributed by atoms with Gasteiger partial charge in [-0.1, -0.05) is 24.3 Å². The fraction of sp³-hybridized carbons (Fsp3) is 0.235. The summed E-state index contributed by atoms with van der Waals surface area (Å²) in [6.07, 6.45) is 2.05. The first kappa shape index (κ1) is 12.7. The number of rotatable bonds is 2. The molecule has 0 bridgehead atoms. The fourth-order valence-electron chi connectivity index (χ4n) is 2.65. The second-order valence-corrected chi connectivity index (χ2v) is 5.08. The highest BCUT2D eigenvalue weighted by molar-refractivity contribution is 5.90. The first-order valence-corrected chi connectivity index (χ1v) is 6.76. The van der Waals surface area contributed by atoms with E-state index in [0.29, 0.717) is 5.56 Å². The first-order valence-electron chi connectivity index (χ1n) is 6.76. The summed E-state index contributed by atoms with van der Waals surface area (Å²) in [7, 11) is 0. The second kappa shape index (κ2) is 5.00. The molecule has 20 heavy (non-hydrogen) atoms. The van der Waals surface area contributed by atoms with E-state index in [0.717, 1.165) is 41.9 Å². The van der Waals surface area contributed by atoms with Crippen molar-refractivity contribution in [2.24, 2.45) is 0 Å². The summed E-state index contributed by atoms with van der Waals surface area (Å²) in [5, 5.41) is 9.15. The van der Waals surface area contributed by atoms with Crippen LogP contribution >= 0.6 is 0 Å². The molecule has 3 nitrogen and oxygen atoms in total. The van der Waals surface area contributed by atoms with Crippen LogP contribution in [0.3, 0.4) is 0 Å². The molecule has 0 aromatic heterocycles. The maximum Gasteiger partial charge on any atom is 0.335 e. The van der Waals surface area contributed by atoms with Gasteiger partial charge in [-0.3, -0.25) is 0 Å². The van der Waals surface area contributed by atoms with E-state index < -0.39 is 5.97 Å². The summed E-state index contributed by atoms with van der Waals surface area (Å²) in [5.41, 5.74) is 4.48. The molecule has 0 aliphatic carbocycles. The molecule has 1 aliphatic rings. The highest BCUT2D eigenvalue weighted by Gasteiger charge is 2.17. The van der Waals surface area contributed by atoms with Crippen molar-refractivity contribution >= 4 is 5.97 Å². The van der Waals surface area contributed by atoms with Gasteiger partial charge in [-0.2, -0.15) is 0 Å². The largest absolute Gasteiger partial charge is 0.493 e. The van der Waals surface area contributed by atoms with Gasteiger partial charge >= 0.3 is 5.97 Å². The summed E-state index contributed by atoms with van der Waals surface area (Å²) in [5.74, 6) is 0.00126. The topological polar surface area (TPSA) is 46.5 Å². The van der Waals surface area contributed by atoms with Crippen molar-refractivity contribution < 1.29 is 14.6 Å². The van der Waals surface area contributed by atoms with Crippen LogP contribution in [-0.4, -0.2) is 17.7 Å². The predicted octanol–water partition coefficient (Wildman–Crippen LogP) is 3.69. The molecule has 3 heteroatoms. The molecule has 2 aromatic rings. The van der Waals surface area contributed by atoms with E-state index in [1.165, 1.54) is 5.56 Å². The Morgan fingerprint density at radius 2 is 2.05 bits per heavy atom. The maximum atomic E-state index is 11.2. The van der Waals surface area contributed by atoms with Crippen molar-refractivity contribution in [3.05, 3.63) is 53.1 Å². The van der Waals surface area contributed by atoms with E-state index in [4.69, 9.17) is 9.84 Å². The minimum absolute atomic E-state index is 0.305. The normalized spacial score (nSPS) is 13.4. The van der Waals surface area contributed by atoms with Gasteiger partial charge in [0.25, 0.3) is 0 Å². The Morgan fingerprint density at radius 3 is 2.85 bits per heavy atom. The van der Waals surface area contributed by atoms with Crippen molar-refractivity contribution in [1.29, 1.82) is 0 Å². The first-order chi connectivity index (χ1) is 9.66. The Balaban J connectivity index is 2.18. The number of hydrogen-bond acceptors (Lipinski definition) is 2. The molecule has 3 rings (SSSR count). The molecule has 0 spiro atoms. The highest BCUT2D eigenvalue weighted by Crippen LogP contribution is 2.37. The third-order valence-corrected chi connectivity index (χ3v) is 3.71. The van der Waals surface area contributed by atoms with Crippen molar-refractivity contribution in [2.45, 2.75) is 19.8 Å². The fourth-order valence-corrected chi connectivity index (χ4v) is 2.65. The van der Waals surface area contributed by atoms with Crippen LogP contribution in [0, 0.1) is 6.92 Å². The number of carboxylic acid groups (broad SMARTS) is 1. The number of aromatic carboxylic acids is 1. The van der Waals surface area contributed by atoms with E-state index >= 15 is 0 Å². The average molecular weight is 268 g/mol. The van der Waals surface area contributed by atoms with Crippen molar-refractivity contribution in [3.63, 3.8) is 0 Å². The van der Waals surface area contributed by atoms with Gasteiger partial charge < -0.3 is 9.84 Å². The number of ether oxygens (including phenoxy) is 1. The van der Waals surface area contributed by atoms with E-state index in [1.54, 1.807) is 12.1 Å². The summed E-state index contributed by atoms with van der Waals surface area (Å²) >= 11 is 0. The molecule has 1 heterocycles. The molecule has 102 valence electrons. The number of para-hydroxylation sites is 1. The Hall–Kier alpha value is -2.29. The van der Waals surface area contributed by atoms with Crippen molar-refractivity contribution in [2.75, 3.05) is 6.61 Å². The van der Waals surface area contributed by atoms with Gasteiger partial charge in [0.05, 0.1) is 12.2 Å².